The summed E-state index contributed by atoms with van der Waals surface area (Å²) in [7, 11) is 0. The molecule has 0 aromatic carbocycles. The van der Waals surface area contributed by atoms with Crippen molar-refractivity contribution in [3.63, 3.8) is 0 Å². The molecule has 4 heteroatoms. The average Bonchev–Trinajstić information content (AvgIpc) is 2.10. The lowest BCUT2D eigenvalue weighted by molar-refractivity contribution is 0.275. The molecule has 0 saturated carbocycles. The van der Waals surface area contributed by atoms with Crippen molar-refractivity contribution in [3.05, 3.63) is 16.8 Å². The highest BCUT2D eigenvalue weighted by Crippen LogP contribution is 2.13. The summed E-state index contributed by atoms with van der Waals surface area (Å²) in [6.07, 6.45) is 0. The number of aliphatic hydroxyl groups is 1. The Morgan fingerprint density at radius 2 is 2.44 bits per heavy atom. The Morgan fingerprint density at radius 1 is 1.78 bits per heavy atom. The molecular weight excluding hydrogens is 142 g/mol. The molecule has 0 fully saturated rings. The summed E-state index contributed by atoms with van der Waals surface area (Å²) in [5, 5.41) is 8.63. The summed E-state index contributed by atoms with van der Waals surface area (Å²) in [5.41, 5.74) is 0.500. The molecule has 0 spiro atoms. The quantitative estimate of drug-likeness (QED) is 0.648. The fraction of sp³-hybridized carbons (Fsp3) is 0.400. The summed E-state index contributed by atoms with van der Waals surface area (Å²) in [5.74, 6) is 0.572. The van der Waals surface area contributed by atoms with E-state index in [0.29, 0.717) is 11.5 Å². The first-order valence-electron chi connectivity index (χ1n) is 2.46. The third kappa shape index (κ3) is 1.23. The highest BCUT2D eigenvalue weighted by Gasteiger charge is 2.04. The molecular formula is C5H6ClNO2. The third-order valence-electron chi connectivity index (χ3n) is 1.02. The van der Waals surface area contributed by atoms with Crippen LogP contribution >= 0.6 is 11.6 Å². The average molecular weight is 148 g/mol. The molecule has 1 aromatic rings. The second-order valence-electron chi connectivity index (χ2n) is 1.63. The van der Waals surface area contributed by atoms with Crippen LogP contribution < -0.4 is 0 Å². The van der Waals surface area contributed by atoms with Gasteiger partial charge in [0.15, 0.2) is 0 Å². The van der Waals surface area contributed by atoms with Crippen LogP contribution in [0.5, 0.6) is 0 Å². The lowest BCUT2D eigenvalue weighted by Crippen LogP contribution is -1.83. The van der Waals surface area contributed by atoms with Crippen molar-refractivity contribution in [2.24, 2.45) is 0 Å². The van der Waals surface area contributed by atoms with Crippen molar-refractivity contribution in [2.75, 3.05) is 0 Å². The van der Waals surface area contributed by atoms with Crippen LogP contribution in [-0.4, -0.2) is 10.1 Å². The molecule has 1 aromatic heterocycles. The number of hydrogen-bond donors (Lipinski definition) is 1. The van der Waals surface area contributed by atoms with Gasteiger partial charge in [0.25, 0.3) is 5.35 Å². The van der Waals surface area contributed by atoms with Gasteiger partial charge in [0.1, 0.15) is 11.5 Å². The predicted octanol–water partition coefficient (Wildman–Crippen LogP) is 1.13. The Kier molecular flexibility index (Phi) is 1.73. The molecule has 0 atom stereocenters. The first-order chi connectivity index (χ1) is 4.24. The molecule has 50 valence electrons. The molecule has 0 bridgehead atoms. The molecule has 0 aliphatic carbocycles. The largest absolute Gasteiger partial charge is 0.433 e. The van der Waals surface area contributed by atoms with Gasteiger partial charge in [0.2, 0.25) is 0 Å². The van der Waals surface area contributed by atoms with Crippen molar-refractivity contribution in [3.8, 4) is 0 Å². The summed E-state index contributed by atoms with van der Waals surface area (Å²) in [6.45, 7) is 1.58. The maximum absolute atomic E-state index is 8.55. The fourth-order valence-electron chi connectivity index (χ4n) is 0.540. The summed E-state index contributed by atoms with van der Waals surface area (Å²) in [6, 6.07) is 0. The molecule has 0 radical (unpaired) electrons. The Balaban J connectivity index is 3.01. The van der Waals surface area contributed by atoms with E-state index in [1.165, 1.54) is 0 Å². The number of aliphatic hydroxyl groups excluding tert-OH is 1. The highest BCUT2D eigenvalue weighted by atomic mass is 35.5. The van der Waals surface area contributed by atoms with E-state index < -0.39 is 0 Å². The topological polar surface area (TPSA) is 46.3 Å². The van der Waals surface area contributed by atoms with Gasteiger partial charge in [-0.3, -0.25) is 0 Å². The molecule has 1 heterocycles. The Morgan fingerprint density at radius 3 is 2.67 bits per heavy atom. The molecule has 0 amide bonds. The zero-order chi connectivity index (χ0) is 6.85. The summed E-state index contributed by atoms with van der Waals surface area (Å²) >= 11 is 5.36. The van der Waals surface area contributed by atoms with Gasteiger partial charge >= 0.3 is 0 Å². The second kappa shape index (κ2) is 2.37. The lowest BCUT2D eigenvalue weighted by atomic mass is 10.4. The van der Waals surface area contributed by atoms with Gasteiger partial charge < -0.3 is 9.52 Å². The monoisotopic (exact) mass is 147 g/mol. The van der Waals surface area contributed by atoms with Gasteiger partial charge in [-0.2, -0.15) is 0 Å². The van der Waals surface area contributed by atoms with Crippen molar-refractivity contribution >= 4 is 11.6 Å². The number of nitrogens with zero attached hydrogens (tertiary/aromatic N) is 1. The number of hydrogen-bond acceptors (Lipinski definition) is 3. The molecule has 1 N–H and O–H groups in total. The van der Waals surface area contributed by atoms with Crippen molar-refractivity contribution in [2.45, 2.75) is 13.5 Å². The minimum Gasteiger partial charge on any atom is -0.433 e. The number of oxazole rings is 1. The van der Waals surface area contributed by atoms with Crippen LogP contribution in [0.25, 0.3) is 0 Å². The van der Waals surface area contributed by atoms with E-state index in [2.05, 4.69) is 4.98 Å². The van der Waals surface area contributed by atoms with Crippen LogP contribution in [0.2, 0.25) is 5.35 Å². The lowest BCUT2D eigenvalue weighted by Gasteiger charge is -1.83. The van der Waals surface area contributed by atoms with Crippen molar-refractivity contribution in [1.29, 1.82) is 0 Å². The molecule has 9 heavy (non-hydrogen) atoms. The van der Waals surface area contributed by atoms with E-state index in [-0.39, 0.29) is 12.0 Å². The number of halogens is 1. The van der Waals surface area contributed by atoms with Gasteiger partial charge in [-0.15, -0.1) is 0 Å². The van der Waals surface area contributed by atoms with Gasteiger partial charge in [0, 0.05) is 0 Å². The van der Waals surface area contributed by atoms with E-state index >= 15 is 0 Å². The van der Waals surface area contributed by atoms with Crippen LogP contribution in [0.15, 0.2) is 4.42 Å². The van der Waals surface area contributed by atoms with E-state index in [0.717, 1.165) is 0 Å². The molecule has 0 unspecified atom stereocenters. The normalized spacial score (nSPS) is 10.1. The first-order valence-corrected chi connectivity index (χ1v) is 2.84. The fourth-order valence-corrected chi connectivity index (χ4v) is 0.757. The Hall–Kier alpha value is -0.540. The van der Waals surface area contributed by atoms with Gasteiger partial charge in [-0.05, 0) is 18.5 Å². The maximum atomic E-state index is 8.55. The predicted molar refractivity (Wildman–Crippen MR) is 32.2 cm³/mol. The van der Waals surface area contributed by atoms with Gasteiger partial charge in [-0.1, -0.05) is 0 Å². The van der Waals surface area contributed by atoms with Crippen LogP contribution in [0, 0.1) is 6.92 Å². The number of aromatic nitrogens is 1. The number of rotatable bonds is 1. The van der Waals surface area contributed by atoms with Gasteiger partial charge in [-0.25, -0.2) is 4.98 Å². The van der Waals surface area contributed by atoms with Crippen LogP contribution in [0.4, 0.5) is 0 Å². The van der Waals surface area contributed by atoms with Crippen LogP contribution in [0.3, 0.4) is 0 Å². The van der Waals surface area contributed by atoms with E-state index in [4.69, 9.17) is 21.1 Å². The van der Waals surface area contributed by atoms with Crippen molar-refractivity contribution in [1.82, 2.24) is 4.98 Å². The minimum absolute atomic E-state index is 0.0801. The molecule has 0 saturated heterocycles. The van der Waals surface area contributed by atoms with E-state index in [1.54, 1.807) is 6.92 Å². The Labute approximate surface area is 57.3 Å². The molecule has 0 aliphatic rings. The van der Waals surface area contributed by atoms with E-state index in [9.17, 15) is 0 Å². The molecule has 1 rings (SSSR count). The smallest absolute Gasteiger partial charge is 0.292 e. The maximum Gasteiger partial charge on any atom is 0.292 e. The molecule has 3 nitrogen and oxygen atoms in total. The summed E-state index contributed by atoms with van der Waals surface area (Å²) in [4.78, 5) is 3.68. The zero-order valence-electron chi connectivity index (χ0n) is 4.89. The third-order valence-corrected chi connectivity index (χ3v) is 1.18. The first kappa shape index (κ1) is 6.58. The minimum atomic E-state index is -0.123. The molecule has 0 aliphatic heterocycles. The SMILES string of the molecule is Cc1oc(Cl)nc1CO. The number of aryl methyl sites for hydroxylation is 1. The van der Waals surface area contributed by atoms with Crippen LogP contribution in [0.1, 0.15) is 11.5 Å². The Bertz CT molecular complexity index is 209. The zero-order valence-corrected chi connectivity index (χ0v) is 5.64. The standard InChI is InChI=1S/C5H6ClNO2/c1-3-4(2-8)7-5(6)9-3/h8H,2H2,1H3. The van der Waals surface area contributed by atoms with Crippen molar-refractivity contribution < 1.29 is 9.52 Å². The second-order valence-corrected chi connectivity index (χ2v) is 1.95. The summed E-state index contributed by atoms with van der Waals surface area (Å²) < 4.78 is 4.80. The highest BCUT2D eigenvalue weighted by molar-refractivity contribution is 6.27. The van der Waals surface area contributed by atoms with Crippen LogP contribution in [-0.2, 0) is 6.61 Å². The van der Waals surface area contributed by atoms with Gasteiger partial charge in [0.05, 0.1) is 6.61 Å². The van der Waals surface area contributed by atoms with E-state index in [1.807, 2.05) is 0 Å².